The van der Waals surface area contributed by atoms with E-state index in [4.69, 9.17) is 22.1 Å². The molecule has 21 heavy (non-hydrogen) atoms. The van der Waals surface area contributed by atoms with Crippen LogP contribution >= 0.6 is 11.6 Å². The predicted molar refractivity (Wildman–Crippen MR) is 88.2 cm³/mol. The Kier molecular flexibility index (Phi) is 4.09. The summed E-state index contributed by atoms with van der Waals surface area (Å²) in [5, 5.41) is 3.00. The molecule has 0 spiro atoms. The second-order valence-corrected chi connectivity index (χ2v) is 5.34. The van der Waals surface area contributed by atoms with Gasteiger partial charge in [0.1, 0.15) is 11.5 Å². The summed E-state index contributed by atoms with van der Waals surface area (Å²) in [6.45, 7) is 0.579. The van der Waals surface area contributed by atoms with E-state index in [1.54, 1.807) is 0 Å². The van der Waals surface area contributed by atoms with Crippen LogP contribution in [0.5, 0.6) is 11.5 Å². The summed E-state index contributed by atoms with van der Waals surface area (Å²) in [6.07, 6.45) is 0.764. The lowest BCUT2D eigenvalue weighted by molar-refractivity contribution is 0.477. The van der Waals surface area contributed by atoms with Crippen molar-refractivity contribution in [1.82, 2.24) is 0 Å². The number of fused-ring (bicyclic) bond motifs is 1. The van der Waals surface area contributed by atoms with Gasteiger partial charge in [-0.2, -0.15) is 0 Å². The molecule has 0 unspecified atom stereocenters. The molecule has 0 atom stereocenters. The van der Waals surface area contributed by atoms with Crippen molar-refractivity contribution in [3.8, 4) is 11.5 Å². The third kappa shape index (κ3) is 3.18. The van der Waals surface area contributed by atoms with Gasteiger partial charge in [0.05, 0.1) is 0 Å². The summed E-state index contributed by atoms with van der Waals surface area (Å²) in [7, 11) is 0. The molecular weight excluding hydrogens is 282 g/mol. The minimum absolute atomic E-state index is 0.579. The molecule has 0 amide bonds. The maximum absolute atomic E-state index is 6.07. The number of rotatable bonds is 4. The number of halogens is 1. The molecule has 3 rings (SSSR count). The van der Waals surface area contributed by atoms with Crippen molar-refractivity contribution in [3.05, 3.63) is 71.2 Å². The van der Waals surface area contributed by atoms with Gasteiger partial charge in [-0.15, -0.1) is 0 Å². The highest BCUT2D eigenvalue weighted by molar-refractivity contribution is 6.30. The number of hydrogen-bond donors (Lipinski definition) is 1. The standard InChI is InChI=1S/C18H16ClNO/c19-16-7-5-14(9-10-20)18(12-16)21-17-8-6-13-3-1-2-4-15(13)11-17/h1-8,11-12H,9-10,20H2. The predicted octanol–water partition coefficient (Wildman–Crippen LogP) is 4.79. The number of benzene rings is 3. The fraction of sp³-hybridized carbons (Fsp3) is 0.111. The van der Waals surface area contributed by atoms with Gasteiger partial charge in [0, 0.05) is 5.02 Å². The van der Waals surface area contributed by atoms with Crippen molar-refractivity contribution in [2.75, 3.05) is 6.54 Å². The average Bonchev–Trinajstić information content (AvgIpc) is 2.50. The lowest BCUT2D eigenvalue weighted by Crippen LogP contribution is -2.04. The summed E-state index contributed by atoms with van der Waals surface area (Å²) < 4.78 is 6.01. The molecule has 0 aliphatic carbocycles. The first-order valence-electron chi connectivity index (χ1n) is 6.91. The summed E-state index contributed by atoms with van der Waals surface area (Å²) in [5.41, 5.74) is 6.71. The van der Waals surface area contributed by atoms with Crippen LogP contribution in [0.1, 0.15) is 5.56 Å². The minimum atomic E-state index is 0.579. The van der Waals surface area contributed by atoms with Crippen LogP contribution in [-0.4, -0.2) is 6.54 Å². The molecule has 106 valence electrons. The van der Waals surface area contributed by atoms with E-state index in [-0.39, 0.29) is 0 Å². The van der Waals surface area contributed by atoms with E-state index in [0.717, 1.165) is 28.9 Å². The van der Waals surface area contributed by atoms with Gasteiger partial charge >= 0.3 is 0 Å². The maximum Gasteiger partial charge on any atom is 0.132 e. The lowest BCUT2D eigenvalue weighted by Gasteiger charge is -2.12. The first-order valence-corrected chi connectivity index (χ1v) is 7.29. The highest BCUT2D eigenvalue weighted by Crippen LogP contribution is 2.30. The monoisotopic (exact) mass is 297 g/mol. The first-order chi connectivity index (χ1) is 10.3. The average molecular weight is 298 g/mol. The second kappa shape index (κ2) is 6.17. The van der Waals surface area contributed by atoms with E-state index in [2.05, 4.69) is 18.2 Å². The lowest BCUT2D eigenvalue weighted by atomic mass is 10.1. The Hall–Kier alpha value is -2.03. The van der Waals surface area contributed by atoms with E-state index in [0.29, 0.717) is 11.6 Å². The minimum Gasteiger partial charge on any atom is -0.457 e. The third-order valence-corrected chi connectivity index (χ3v) is 3.63. The normalized spacial score (nSPS) is 10.8. The van der Waals surface area contributed by atoms with E-state index >= 15 is 0 Å². The molecule has 3 heteroatoms. The number of nitrogens with two attached hydrogens (primary N) is 1. The van der Waals surface area contributed by atoms with Gasteiger partial charge in [-0.1, -0.05) is 48.0 Å². The molecule has 0 aromatic heterocycles. The van der Waals surface area contributed by atoms with Crippen LogP contribution in [0.4, 0.5) is 0 Å². The zero-order valence-electron chi connectivity index (χ0n) is 11.6. The van der Waals surface area contributed by atoms with Crippen molar-refractivity contribution in [2.24, 2.45) is 5.73 Å². The van der Waals surface area contributed by atoms with Gasteiger partial charge in [-0.3, -0.25) is 0 Å². The Morgan fingerprint density at radius 2 is 1.71 bits per heavy atom. The summed E-state index contributed by atoms with van der Waals surface area (Å²) in [6, 6.07) is 19.9. The molecular formula is C18H16ClNO. The molecule has 0 bridgehead atoms. The first kappa shape index (κ1) is 13.9. The van der Waals surface area contributed by atoms with Crippen LogP contribution in [-0.2, 0) is 6.42 Å². The van der Waals surface area contributed by atoms with Crippen LogP contribution in [0.15, 0.2) is 60.7 Å². The van der Waals surface area contributed by atoms with Gasteiger partial charge in [0.25, 0.3) is 0 Å². The van der Waals surface area contributed by atoms with Gasteiger partial charge in [0.15, 0.2) is 0 Å². The second-order valence-electron chi connectivity index (χ2n) is 4.90. The van der Waals surface area contributed by atoms with E-state index in [1.165, 1.54) is 5.39 Å². The molecule has 3 aromatic carbocycles. The molecule has 0 saturated carbocycles. The molecule has 0 aliphatic rings. The topological polar surface area (TPSA) is 35.2 Å². The van der Waals surface area contributed by atoms with Crippen molar-refractivity contribution in [3.63, 3.8) is 0 Å². The fourth-order valence-electron chi connectivity index (χ4n) is 2.34. The number of ether oxygens (including phenoxy) is 1. The van der Waals surface area contributed by atoms with Crippen molar-refractivity contribution in [2.45, 2.75) is 6.42 Å². The van der Waals surface area contributed by atoms with E-state index in [1.807, 2.05) is 42.5 Å². The molecule has 0 fully saturated rings. The van der Waals surface area contributed by atoms with Crippen LogP contribution in [0.3, 0.4) is 0 Å². The molecule has 0 radical (unpaired) electrons. The van der Waals surface area contributed by atoms with E-state index < -0.39 is 0 Å². The van der Waals surface area contributed by atoms with Gasteiger partial charge in [-0.05, 0) is 53.6 Å². The van der Waals surface area contributed by atoms with Crippen LogP contribution in [0.25, 0.3) is 10.8 Å². The molecule has 0 saturated heterocycles. The Labute approximate surface area is 129 Å². The zero-order chi connectivity index (χ0) is 14.7. The Morgan fingerprint density at radius 3 is 2.52 bits per heavy atom. The largest absolute Gasteiger partial charge is 0.457 e. The smallest absolute Gasteiger partial charge is 0.132 e. The molecule has 2 N–H and O–H groups in total. The van der Waals surface area contributed by atoms with Gasteiger partial charge < -0.3 is 10.5 Å². The van der Waals surface area contributed by atoms with Crippen LogP contribution in [0.2, 0.25) is 5.02 Å². The quantitative estimate of drug-likeness (QED) is 0.751. The summed E-state index contributed by atoms with van der Waals surface area (Å²) >= 11 is 6.07. The van der Waals surface area contributed by atoms with Crippen molar-refractivity contribution in [1.29, 1.82) is 0 Å². The summed E-state index contributed by atoms with van der Waals surface area (Å²) in [5.74, 6) is 1.57. The Morgan fingerprint density at radius 1 is 0.905 bits per heavy atom. The third-order valence-electron chi connectivity index (χ3n) is 3.39. The molecule has 2 nitrogen and oxygen atoms in total. The fourth-order valence-corrected chi connectivity index (χ4v) is 2.51. The van der Waals surface area contributed by atoms with Crippen molar-refractivity contribution >= 4 is 22.4 Å². The van der Waals surface area contributed by atoms with Gasteiger partial charge in [0.2, 0.25) is 0 Å². The Bertz CT molecular complexity index is 770. The Balaban J connectivity index is 1.95. The van der Waals surface area contributed by atoms with Crippen LogP contribution < -0.4 is 10.5 Å². The molecule has 0 heterocycles. The zero-order valence-corrected chi connectivity index (χ0v) is 12.3. The van der Waals surface area contributed by atoms with Crippen molar-refractivity contribution < 1.29 is 4.74 Å². The number of hydrogen-bond acceptors (Lipinski definition) is 2. The maximum atomic E-state index is 6.07. The summed E-state index contributed by atoms with van der Waals surface area (Å²) in [4.78, 5) is 0. The highest BCUT2D eigenvalue weighted by Gasteiger charge is 2.06. The SMILES string of the molecule is NCCc1ccc(Cl)cc1Oc1ccc2ccccc2c1. The highest BCUT2D eigenvalue weighted by atomic mass is 35.5. The van der Waals surface area contributed by atoms with Gasteiger partial charge in [-0.25, -0.2) is 0 Å². The van der Waals surface area contributed by atoms with E-state index in [9.17, 15) is 0 Å². The van der Waals surface area contributed by atoms with Crippen LogP contribution in [0, 0.1) is 0 Å². The molecule has 3 aromatic rings. The molecule has 0 aliphatic heterocycles.